The van der Waals surface area contributed by atoms with Crippen molar-refractivity contribution in [1.82, 2.24) is 10.7 Å². The van der Waals surface area contributed by atoms with Crippen molar-refractivity contribution in [3.8, 4) is 0 Å². The molecule has 0 saturated carbocycles. The summed E-state index contributed by atoms with van der Waals surface area (Å²) in [7, 11) is 0. The molecule has 0 aromatic heterocycles. The molecule has 0 atom stereocenters. The number of hydroxylamine groups is 3. The topological polar surface area (TPSA) is 70.8 Å². The van der Waals surface area contributed by atoms with Crippen LogP contribution in [0.4, 0.5) is 0 Å². The Morgan fingerprint density at radius 3 is 2.54 bits per heavy atom. The monoisotopic (exact) mass is 179 g/mol. The number of hydrogen-bond donors (Lipinski definition) is 3. The Kier molecular flexibility index (Phi) is 1.80. The molecule has 1 aliphatic heterocycles. The van der Waals surface area contributed by atoms with Gasteiger partial charge in [-0.1, -0.05) is 35.6 Å². The van der Waals surface area contributed by atoms with Crippen molar-refractivity contribution in [2.45, 2.75) is 0 Å². The summed E-state index contributed by atoms with van der Waals surface area (Å²) < 4.78 is 0. The first-order chi connectivity index (χ1) is 6.29. The van der Waals surface area contributed by atoms with Crippen molar-refractivity contribution in [1.29, 1.82) is 0 Å². The average Bonchev–Trinajstić information content (AvgIpc) is 2.48. The van der Waals surface area contributed by atoms with Crippen molar-refractivity contribution in [3.05, 3.63) is 41.7 Å². The summed E-state index contributed by atoms with van der Waals surface area (Å²) in [6.07, 6.45) is 0. The average molecular weight is 179 g/mol. The summed E-state index contributed by atoms with van der Waals surface area (Å²) in [4.78, 5) is 4.57. The van der Waals surface area contributed by atoms with Gasteiger partial charge in [-0.2, -0.15) is 0 Å². The predicted octanol–water partition coefficient (Wildman–Crippen LogP) is 0.412. The molecule has 0 unspecified atom stereocenters. The van der Waals surface area contributed by atoms with Crippen molar-refractivity contribution in [2.24, 2.45) is 5.73 Å². The van der Waals surface area contributed by atoms with E-state index in [1.165, 1.54) is 0 Å². The van der Waals surface area contributed by atoms with Gasteiger partial charge in [-0.15, -0.1) is 4.94 Å². The number of benzene rings is 1. The number of hydrogen-bond acceptors (Lipinski definition) is 5. The molecule has 0 bridgehead atoms. The van der Waals surface area contributed by atoms with Gasteiger partial charge in [-0.3, -0.25) is 5.21 Å². The molecule has 1 aliphatic rings. The number of nitrogens with one attached hydrogen (secondary N) is 1. The minimum Gasteiger partial charge on any atom is -0.382 e. The van der Waals surface area contributed by atoms with E-state index < -0.39 is 0 Å². The quantitative estimate of drug-likeness (QED) is 0.582. The fourth-order valence-electron chi connectivity index (χ4n) is 1.15. The Labute approximate surface area is 74.9 Å². The van der Waals surface area contributed by atoms with E-state index in [-0.39, 0.29) is 5.82 Å². The zero-order chi connectivity index (χ0) is 9.26. The van der Waals surface area contributed by atoms with Crippen LogP contribution >= 0.6 is 0 Å². The fraction of sp³-hybridized carbons (Fsp3) is 0. The first-order valence-corrected chi connectivity index (χ1v) is 3.76. The smallest absolute Gasteiger partial charge is 0.153 e. The van der Waals surface area contributed by atoms with Crippen molar-refractivity contribution < 1.29 is 10.1 Å². The molecule has 5 nitrogen and oxygen atoms in total. The van der Waals surface area contributed by atoms with Crippen LogP contribution in [-0.4, -0.2) is 10.4 Å². The molecule has 68 valence electrons. The summed E-state index contributed by atoms with van der Waals surface area (Å²) in [5.41, 5.74) is 9.10. The Balaban J connectivity index is 2.41. The summed E-state index contributed by atoms with van der Waals surface area (Å²) >= 11 is 0. The largest absolute Gasteiger partial charge is 0.382 e. The van der Waals surface area contributed by atoms with Gasteiger partial charge in [0.2, 0.25) is 0 Å². The lowest BCUT2D eigenvalue weighted by molar-refractivity contribution is -0.307. The van der Waals surface area contributed by atoms with Gasteiger partial charge in [0.1, 0.15) is 5.70 Å². The van der Waals surface area contributed by atoms with Crippen LogP contribution < -0.4 is 11.2 Å². The second-order valence-electron chi connectivity index (χ2n) is 2.59. The van der Waals surface area contributed by atoms with Crippen molar-refractivity contribution in [2.75, 3.05) is 0 Å². The Morgan fingerprint density at radius 2 is 2.00 bits per heavy atom. The maximum Gasteiger partial charge on any atom is 0.153 e. The Bertz CT molecular complexity index is 337. The van der Waals surface area contributed by atoms with Crippen LogP contribution in [0.1, 0.15) is 5.56 Å². The van der Waals surface area contributed by atoms with Crippen LogP contribution in [0.3, 0.4) is 0 Å². The van der Waals surface area contributed by atoms with Gasteiger partial charge in [0.05, 0.1) is 0 Å². The van der Waals surface area contributed by atoms with E-state index in [4.69, 9.17) is 5.73 Å². The highest BCUT2D eigenvalue weighted by atomic mass is 17.0. The lowest BCUT2D eigenvalue weighted by Gasteiger charge is -2.08. The molecule has 2 rings (SSSR count). The summed E-state index contributed by atoms with van der Waals surface area (Å²) in [5.74, 6) is 0.286. The third-order valence-corrected chi connectivity index (χ3v) is 1.74. The highest BCUT2D eigenvalue weighted by Gasteiger charge is 2.21. The number of nitrogens with two attached hydrogens (primary N) is 1. The summed E-state index contributed by atoms with van der Waals surface area (Å²) in [6.45, 7) is 0. The van der Waals surface area contributed by atoms with Gasteiger partial charge >= 0.3 is 0 Å². The molecule has 0 aliphatic carbocycles. The maximum atomic E-state index is 9.22. The standard InChI is InChI=1S/C8H9N3O2/c9-8-7(11(12)13-10-8)6-4-2-1-3-5-6/h1-5,10,12H,9H2. The molecule has 0 fully saturated rings. The molecule has 0 radical (unpaired) electrons. The molecular formula is C8H9N3O2. The first kappa shape index (κ1) is 7.90. The van der Waals surface area contributed by atoms with E-state index >= 15 is 0 Å². The minimum absolute atomic E-state index is 0.286. The normalized spacial score (nSPS) is 16.2. The van der Waals surface area contributed by atoms with E-state index in [1.54, 1.807) is 0 Å². The number of rotatable bonds is 1. The van der Waals surface area contributed by atoms with E-state index in [0.717, 1.165) is 5.56 Å². The van der Waals surface area contributed by atoms with Crippen LogP contribution in [-0.2, 0) is 4.94 Å². The van der Waals surface area contributed by atoms with Gasteiger partial charge in [0, 0.05) is 5.56 Å². The molecule has 0 amide bonds. The zero-order valence-corrected chi connectivity index (χ0v) is 6.77. The summed E-state index contributed by atoms with van der Waals surface area (Å²) in [6, 6.07) is 9.22. The van der Waals surface area contributed by atoms with Crippen LogP contribution in [0.15, 0.2) is 36.2 Å². The highest BCUT2D eigenvalue weighted by molar-refractivity contribution is 5.65. The van der Waals surface area contributed by atoms with Gasteiger partial charge in [-0.25, -0.2) is 5.48 Å². The second-order valence-corrected chi connectivity index (χ2v) is 2.59. The predicted molar refractivity (Wildman–Crippen MR) is 45.4 cm³/mol. The van der Waals surface area contributed by atoms with Crippen LogP contribution in [0.2, 0.25) is 0 Å². The molecule has 5 heteroatoms. The lowest BCUT2D eigenvalue weighted by Crippen LogP contribution is -2.17. The van der Waals surface area contributed by atoms with Gasteiger partial charge in [0.15, 0.2) is 5.82 Å². The third kappa shape index (κ3) is 1.30. The molecule has 13 heavy (non-hydrogen) atoms. The first-order valence-electron chi connectivity index (χ1n) is 3.76. The molecule has 1 heterocycles. The SMILES string of the molecule is NC1=C(c2ccccc2)N(O)ON1. The van der Waals surface area contributed by atoms with Crippen LogP contribution in [0.25, 0.3) is 5.70 Å². The van der Waals surface area contributed by atoms with Gasteiger partial charge in [0.25, 0.3) is 0 Å². The second kappa shape index (κ2) is 2.96. The van der Waals surface area contributed by atoms with E-state index in [0.29, 0.717) is 10.9 Å². The number of nitrogens with zero attached hydrogens (tertiary/aromatic N) is 1. The highest BCUT2D eigenvalue weighted by Crippen LogP contribution is 2.21. The van der Waals surface area contributed by atoms with Crippen LogP contribution in [0.5, 0.6) is 0 Å². The molecule has 1 aromatic carbocycles. The zero-order valence-electron chi connectivity index (χ0n) is 6.77. The fourth-order valence-corrected chi connectivity index (χ4v) is 1.15. The van der Waals surface area contributed by atoms with E-state index in [2.05, 4.69) is 10.4 Å². The van der Waals surface area contributed by atoms with Crippen molar-refractivity contribution in [3.63, 3.8) is 0 Å². The molecule has 1 aromatic rings. The van der Waals surface area contributed by atoms with Crippen molar-refractivity contribution >= 4 is 5.70 Å². The third-order valence-electron chi connectivity index (χ3n) is 1.74. The van der Waals surface area contributed by atoms with E-state index in [1.807, 2.05) is 30.3 Å². The van der Waals surface area contributed by atoms with Gasteiger partial charge < -0.3 is 5.73 Å². The lowest BCUT2D eigenvalue weighted by atomic mass is 10.1. The maximum absolute atomic E-state index is 9.22. The molecule has 0 saturated heterocycles. The van der Waals surface area contributed by atoms with Crippen LogP contribution in [0, 0.1) is 0 Å². The minimum atomic E-state index is 0.286. The molecular weight excluding hydrogens is 170 g/mol. The molecule has 0 spiro atoms. The van der Waals surface area contributed by atoms with E-state index in [9.17, 15) is 5.21 Å². The Hall–Kier alpha value is -1.72. The summed E-state index contributed by atoms with van der Waals surface area (Å²) in [5, 5.41) is 9.83. The molecule has 4 N–H and O–H groups in total. The van der Waals surface area contributed by atoms with Gasteiger partial charge in [-0.05, 0) is 0 Å². The Morgan fingerprint density at radius 1 is 1.31 bits per heavy atom.